The third-order valence-electron chi connectivity index (χ3n) is 2.88. The number of aliphatic hydroxyl groups is 1. The molecule has 0 aliphatic carbocycles. The summed E-state index contributed by atoms with van der Waals surface area (Å²) in [5, 5.41) is 8.79. The topological polar surface area (TPSA) is 67.4 Å². The fourth-order valence-electron chi connectivity index (χ4n) is 1.95. The molecule has 0 radical (unpaired) electrons. The lowest BCUT2D eigenvalue weighted by Crippen LogP contribution is -1.92. The number of aliphatic hydroxyl groups excluding tert-OH is 1. The largest absolute Gasteiger partial charge is 0.454 e. The minimum atomic E-state index is 0.181. The van der Waals surface area contributed by atoms with Crippen LogP contribution in [0.2, 0.25) is 0 Å². The van der Waals surface area contributed by atoms with Crippen LogP contribution in [0.4, 0.5) is 0 Å². The molecule has 0 saturated heterocycles. The van der Waals surface area contributed by atoms with Gasteiger partial charge in [-0.3, -0.25) is 0 Å². The zero-order chi connectivity index (χ0) is 12.4. The Hall–Kier alpha value is -2.01. The fraction of sp³-hybridized carbons (Fsp3) is 0.308. The molecule has 5 nitrogen and oxygen atoms in total. The first-order valence-electron chi connectivity index (χ1n) is 5.91. The molecule has 3 rings (SSSR count). The number of aryl methyl sites for hydroxylation is 1. The van der Waals surface area contributed by atoms with Crippen LogP contribution < -0.4 is 9.47 Å². The van der Waals surface area contributed by atoms with E-state index in [0.29, 0.717) is 6.42 Å². The molecule has 5 heteroatoms. The summed E-state index contributed by atoms with van der Waals surface area (Å²) in [6, 6.07) is 5.80. The zero-order valence-corrected chi connectivity index (χ0v) is 9.85. The summed E-state index contributed by atoms with van der Waals surface area (Å²) in [4.78, 5) is 7.52. The molecule has 2 heterocycles. The molecule has 94 valence electrons. The standard InChI is InChI=1S/C13H14N2O3/c16-5-1-2-13-14-7-10(15-13)9-3-4-11-12(6-9)18-8-17-11/h3-4,6-7,16H,1-2,5,8H2,(H,14,15). The fourth-order valence-corrected chi connectivity index (χ4v) is 1.95. The highest BCUT2D eigenvalue weighted by molar-refractivity contribution is 5.64. The lowest BCUT2D eigenvalue weighted by molar-refractivity contribution is 0.174. The number of imidazole rings is 1. The minimum Gasteiger partial charge on any atom is -0.454 e. The van der Waals surface area contributed by atoms with Gasteiger partial charge in [-0.1, -0.05) is 0 Å². The highest BCUT2D eigenvalue weighted by Crippen LogP contribution is 2.35. The number of rotatable bonds is 4. The Kier molecular flexibility index (Phi) is 2.90. The number of H-pyrrole nitrogens is 1. The predicted molar refractivity (Wildman–Crippen MR) is 65.6 cm³/mol. The van der Waals surface area contributed by atoms with E-state index in [1.54, 1.807) is 6.20 Å². The van der Waals surface area contributed by atoms with Crippen molar-refractivity contribution in [1.29, 1.82) is 0 Å². The van der Waals surface area contributed by atoms with E-state index in [1.807, 2.05) is 18.2 Å². The second-order valence-corrected chi connectivity index (χ2v) is 4.14. The van der Waals surface area contributed by atoms with Gasteiger partial charge < -0.3 is 19.6 Å². The normalized spacial score (nSPS) is 12.9. The van der Waals surface area contributed by atoms with E-state index in [9.17, 15) is 0 Å². The van der Waals surface area contributed by atoms with E-state index in [4.69, 9.17) is 14.6 Å². The number of hydrogen-bond donors (Lipinski definition) is 2. The maximum absolute atomic E-state index is 8.79. The molecule has 0 saturated carbocycles. The molecular weight excluding hydrogens is 232 g/mol. The summed E-state index contributed by atoms with van der Waals surface area (Å²) in [7, 11) is 0. The summed E-state index contributed by atoms with van der Waals surface area (Å²) in [6.07, 6.45) is 3.26. The van der Waals surface area contributed by atoms with Gasteiger partial charge in [0.15, 0.2) is 11.5 Å². The van der Waals surface area contributed by atoms with Crippen LogP contribution in [0.25, 0.3) is 11.3 Å². The van der Waals surface area contributed by atoms with Gasteiger partial charge >= 0.3 is 0 Å². The smallest absolute Gasteiger partial charge is 0.231 e. The van der Waals surface area contributed by atoms with Gasteiger partial charge in [0.25, 0.3) is 0 Å². The van der Waals surface area contributed by atoms with Crippen molar-refractivity contribution in [1.82, 2.24) is 9.97 Å². The average Bonchev–Trinajstić information content (AvgIpc) is 3.04. The first kappa shape index (κ1) is 11.1. The Morgan fingerprint density at radius 1 is 1.28 bits per heavy atom. The molecule has 1 aliphatic heterocycles. The van der Waals surface area contributed by atoms with Crippen LogP contribution in [0.3, 0.4) is 0 Å². The average molecular weight is 246 g/mol. The number of aromatic amines is 1. The minimum absolute atomic E-state index is 0.181. The molecule has 1 aromatic carbocycles. The Labute approximate surface area is 104 Å². The first-order chi connectivity index (χ1) is 8.86. The molecule has 0 unspecified atom stereocenters. The van der Waals surface area contributed by atoms with Gasteiger partial charge in [-0.15, -0.1) is 0 Å². The zero-order valence-electron chi connectivity index (χ0n) is 9.85. The lowest BCUT2D eigenvalue weighted by Gasteiger charge is -2.00. The molecule has 2 aromatic rings. The first-order valence-corrected chi connectivity index (χ1v) is 5.91. The Morgan fingerprint density at radius 3 is 3.06 bits per heavy atom. The summed E-state index contributed by atoms with van der Waals surface area (Å²) in [5.74, 6) is 2.43. The number of hydrogen-bond acceptors (Lipinski definition) is 4. The van der Waals surface area contributed by atoms with Gasteiger partial charge in [-0.25, -0.2) is 4.98 Å². The van der Waals surface area contributed by atoms with Crippen molar-refractivity contribution in [3.63, 3.8) is 0 Å². The Bertz CT molecular complexity index is 551. The van der Waals surface area contributed by atoms with E-state index >= 15 is 0 Å². The van der Waals surface area contributed by atoms with Crippen LogP contribution in [-0.2, 0) is 6.42 Å². The quantitative estimate of drug-likeness (QED) is 0.862. The highest BCUT2D eigenvalue weighted by Gasteiger charge is 2.14. The van der Waals surface area contributed by atoms with E-state index < -0.39 is 0 Å². The maximum atomic E-state index is 8.79. The van der Waals surface area contributed by atoms with Crippen molar-refractivity contribution < 1.29 is 14.6 Å². The Morgan fingerprint density at radius 2 is 2.17 bits per heavy atom. The van der Waals surface area contributed by atoms with Crippen molar-refractivity contribution in [2.24, 2.45) is 0 Å². The van der Waals surface area contributed by atoms with E-state index in [-0.39, 0.29) is 13.4 Å². The monoisotopic (exact) mass is 246 g/mol. The number of nitrogens with one attached hydrogen (secondary N) is 1. The van der Waals surface area contributed by atoms with Crippen LogP contribution in [0.15, 0.2) is 24.4 Å². The summed E-state index contributed by atoms with van der Waals surface area (Å²) in [6.45, 7) is 0.462. The molecule has 2 N–H and O–H groups in total. The number of fused-ring (bicyclic) bond motifs is 1. The highest BCUT2D eigenvalue weighted by atomic mass is 16.7. The molecule has 1 aliphatic rings. The van der Waals surface area contributed by atoms with Gasteiger partial charge in [0.05, 0.1) is 11.9 Å². The van der Waals surface area contributed by atoms with Crippen LogP contribution in [-0.4, -0.2) is 28.5 Å². The molecule has 18 heavy (non-hydrogen) atoms. The predicted octanol–water partition coefficient (Wildman–Crippen LogP) is 1.73. The number of ether oxygens (including phenoxy) is 2. The number of nitrogens with zero attached hydrogens (tertiary/aromatic N) is 1. The summed E-state index contributed by atoms with van der Waals surface area (Å²) < 4.78 is 10.6. The number of aromatic nitrogens is 2. The second-order valence-electron chi connectivity index (χ2n) is 4.14. The van der Waals surface area contributed by atoms with Gasteiger partial charge in [0.2, 0.25) is 6.79 Å². The van der Waals surface area contributed by atoms with Gasteiger partial charge in [-0.2, -0.15) is 0 Å². The molecule has 0 amide bonds. The summed E-state index contributed by atoms with van der Waals surface area (Å²) >= 11 is 0. The van der Waals surface area contributed by atoms with Crippen LogP contribution in [0.1, 0.15) is 12.2 Å². The summed E-state index contributed by atoms with van der Waals surface area (Å²) in [5.41, 5.74) is 1.96. The SMILES string of the molecule is OCCCc1ncc(-c2ccc3c(c2)OCO3)[nH]1. The molecule has 1 aromatic heterocycles. The Balaban J connectivity index is 1.83. The molecule has 0 atom stereocenters. The third kappa shape index (κ3) is 2.04. The molecule has 0 spiro atoms. The molecule has 0 bridgehead atoms. The van der Waals surface area contributed by atoms with Crippen LogP contribution in [0, 0.1) is 0 Å². The van der Waals surface area contributed by atoms with Crippen molar-refractivity contribution in [3.8, 4) is 22.8 Å². The van der Waals surface area contributed by atoms with Gasteiger partial charge in [-0.05, 0) is 24.6 Å². The maximum Gasteiger partial charge on any atom is 0.231 e. The van der Waals surface area contributed by atoms with Crippen LogP contribution in [0.5, 0.6) is 11.5 Å². The second kappa shape index (κ2) is 4.70. The number of benzene rings is 1. The van der Waals surface area contributed by atoms with Crippen molar-refractivity contribution in [2.45, 2.75) is 12.8 Å². The van der Waals surface area contributed by atoms with Gasteiger partial charge in [0, 0.05) is 18.6 Å². The molecular formula is C13H14N2O3. The van der Waals surface area contributed by atoms with Crippen molar-refractivity contribution >= 4 is 0 Å². The van der Waals surface area contributed by atoms with E-state index in [2.05, 4.69) is 9.97 Å². The lowest BCUT2D eigenvalue weighted by atomic mass is 10.1. The third-order valence-corrected chi connectivity index (χ3v) is 2.88. The van der Waals surface area contributed by atoms with E-state index in [0.717, 1.165) is 35.0 Å². The van der Waals surface area contributed by atoms with E-state index in [1.165, 1.54) is 0 Å². The van der Waals surface area contributed by atoms with Crippen molar-refractivity contribution in [3.05, 3.63) is 30.2 Å². The molecule has 0 fully saturated rings. The van der Waals surface area contributed by atoms with Crippen molar-refractivity contribution in [2.75, 3.05) is 13.4 Å². The van der Waals surface area contributed by atoms with Crippen LogP contribution >= 0.6 is 0 Å². The van der Waals surface area contributed by atoms with Gasteiger partial charge in [0.1, 0.15) is 5.82 Å².